The Labute approximate surface area is 114 Å². The van der Waals surface area contributed by atoms with Gasteiger partial charge in [0.15, 0.2) is 0 Å². The minimum atomic E-state index is 0.409. The van der Waals surface area contributed by atoms with Gasteiger partial charge in [-0.05, 0) is 52.5 Å². The third-order valence-electron chi connectivity index (χ3n) is 3.08. The standard InChI is InChI=1S/C13H14BrN3O/c14-13-12(16-11(7-15)17-13)9-3-4-10-8(6-9)2-1-5-18-10/h3-4,6H,1-2,5,7,15H2,(H,16,17). The molecule has 0 atom stereocenters. The first-order valence-corrected chi connectivity index (χ1v) is 6.78. The normalized spacial score (nSPS) is 14.1. The number of hydrogen-bond acceptors (Lipinski definition) is 3. The number of fused-ring (bicyclic) bond motifs is 1. The molecule has 0 fully saturated rings. The molecule has 18 heavy (non-hydrogen) atoms. The number of rotatable bonds is 2. The van der Waals surface area contributed by atoms with Crippen molar-refractivity contribution in [1.82, 2.24) is 9.97 Å². The number of halogens is 1. The molecule has 0 saturated carbocycles. The molecule has 0 spiro atoms. The molecule has 4 nitrogen and oxygen atoms in total. The molecule has 0 amide bonds. The van der Waals surface area contributed by atoms with Gasteiger partial charge in [0.1, 0.15) is 21.9 Å². The van der Waals surface area contributed by atoms with E-state index in [0.717, 1.165) is 46.9 Å². The largest absolute Gasteiger partial charge is 0.493 e. The second-order valence-electron chi connectivity index (χ2n) is 4.32. The van der Waals surface area contributed by atoms with Crippen LogP contribution in [0.1, 0.15) is 17.8 Å². The minimum absolute atomic E-state index is 0.409. The van der Waals surface area contributed by atoms with Crippen LogP contribution in [0.5, 0.6) is 5.75 Å². The van der Waals surface area contributed by atoms with Gasteiger partial charge in [-0.3, -0.25) is 0 Å². The fourth-order valence-corrected chi connectivity index (χ4v) is 2.74. The van der Waals surface area contributed by atoms with Crippen molar-refractivity contribution < 1.29 is 4.74 Å². The van der Waals surface area contributed by atoms with E-state index in [1.54, 1.807) is 0 Å². The van der Waals surface area contributed by atoms with Gasteiger partial charge >= 0.3 is 0 Å². The molecule has 3 rings (SSSR count). The molecule has 0 radical (unpaired) electrons. The van der Waals surface area contributed by atoms with E-state index in [1.165, 1.54) is 5.56 Å². The monoisotopic (exact) mass is 307 g/mol. The highest BCUT2D eigenvalue weighted by Crippen LogP contribution is 2.32. The van der Waals surface area contributed by atoms with Crippen LogP contribution in [0.4, 0.5) is 0 Å². The van der Waals surface area contributed by atoms with Crippen molar-refractivity contribution in [2.45, 2.75) is 19.4 Å². The molecule has 3 N–H and O–H groups in total. The number of nitrogens with two attached hydrogens (primary N) is 1. The van der Waals surface area contributed by atoms with Crippen molar-refractivity contribution in [1.29, 1.82) is 0 Å². The van der Waals surface area contributed by atoms with Gasteiger partial charge in [0.25, 0.3) is 0 Å². The molecular weight excluding hydrogens is 294 g/mol. The molecule has 2 aromatic rings. The van der Waals surface area contributed by atoms with Crippen LogP contribution in [0, 0.1) is 0 Å². The number of aromatic amines is 1. The number of ether oxygens (including phenoxy) is 1. The van der Waals surface area contributed by atoms with E-state index in [0.29, 0.717) is 6.54 Å². The van der Waals surface area contributed by atoms with E-state index in [-0.39, 0.29) is 0 Å². The number of aryl methyl sites for hydroxylation is 1. The number of H-pyrrole nitrogens is 1. The zero-order valence-corrected chi connectivity index (χ0v) is 11.5. The number of imidazole rings is 1. The molecule has 94 valence electrons. The van der Waals surface area contributed by atoms with Crippen LogP contribution in [0.15, 0.2) is 22.8 Å². The summed E-state index contributed by atoms with van der Waals surface area (Å²) in [5, 5.41) is 0. The van der Waals surface area contributed by atoms with Crippen LogP contribution in [0.2, 0.25) is 0 Å². The first-order valence-electron chi connectivity index (χ1n) is 5.98. The van der Waals surface area contributed by atoms with E-state index in [2.05, 4.69) is 32.0 Å². The van der Waals surface area contributed by atoms with E-state index in [9.17, 15) is 0 Å². The quantitative estimate of drug-likeness (QED) is 0.896. The van der Waals surface area contributed by atoms with Crippen molar-refractivity contribution >= 4 is 15.9 Å². The van der Waals surface area contributed by atoms with Gasteiger partial charge in [0.05, 0.1) is 13.2 Å². The Kier molecular flexibility index (Phi) is 3.09. The lowest BCUT2D eigenvalue weighted by molar-refractivity contribution is 0.288. The second-order valence-corrected chi connectivity index (χ2v) is 5.12. The Balaban J connectivity index is 2.03. The molecule has 1 aromatic heterocycles. The van der Waals surface area contributed by atoms with Crippen LogP contribution in [0.25, 0.3) is 11.3 Å². The molecule has 1 aliphatic heterocycles. The van der Waals surface area contributed by atoms with Crippen LogP contribution in [0.3, 0.4) is 0 Å². The zero-order chi connectivity index (χ0) is 12.5. The average molecular weight is 308 g/mol. The van der Waals surface area contributed by atoms with E-state index >= 15 is 0 Å². The predicted octanol–water partition coefficient (Wildman–Crippen LogP) is 2.62. The highest BCUT2D eigenvalue weighted by Gasteiger charge is 2.14. The Morgan fingerprint density at radius 2 is 2.33 bits per heavy atom. The summed E-state index contributed by atoms with van der Waals surface area (Å²) < 4.78 is 6.49. The molecule has 0 bridgehead atoms. The van der Waals surface area contributed by atoms with Crippen molar-refractivity contribution in [3.63, 3.8) is 0 Å². The first-order chi connectivity index (χ1) is 8.78. The van der Waals surface area contributed by atoms with Crippen LogP contribution in [-0.2, 0) is 13.0 Å². The molecule has 1 aromatic carbocycles. The lowest BCUT2D eigenvalue weighted by atomic mass is 10.0. The van der Waals surface area contributed by atoms with Gasteiger partial charge in [0.2, 0.25) is 0 Å². The van der Waals surface area contributed by atoms with Gasteiger partial charge in [-0.15, -0.1) is 0 Å². The van der Waals surface area contributed by atoms with Crippen molar-refractivity contribution in [2.75, 3.05) is 6.61 Å². The summed E-state index contributed by atoms with van der Waals surface area (Å²) in [6.45, 7) is 1.22. The molecule has 0 unspecified atom stereocenters. The maximum atomic E-state index is 5.61. The summed E-state index contributed by atoms with van der Waals surface area (Å²) >= 11 is 3.49. The highest BCUT2D eigenvalue weighted by molar-refractivity contribution is 9.10. The summed E-state index contributed by atoms with van der Waals surface area (Å²) in [6.07, 6.45) is 2.14. The van der Waals surface area contributed by atoms with E-state index < -0.39 is 0 Å². The fraction of sp³-hybridized carbons (Fsp3) is 0.308. The number of benzene rings is 1. The Bertz CT molecular complexity index is 580. The minimum Gasteiger partial charge on any atom is -0.493 e. The molecular formula is C13H14BrN3O. The Morgan fingerprint density at radius 3 is 3.11 bits per heavy atom. The van der Waals surface area contributed by atoms with Crippen LogP contribution in [-0.4, -0.2) is 16.6 Å². The maximum absolute atomic E-state index is 5.61. The van der Waals surface area contributed by atoms with Crippen molar-refractivity contribution in [2.24, 2.45) is 5.73 Å². The summed E-state index contributed by atoms with van der Waals surface area (Å²) in [6, 6.07) is 6.20. The Morgan fingerprint density at radius 1 is 1.44 bits per heavy atom. The molecule has 1 aliphatic rings. The van der Waals surface area contributed by atoms with E-state index in [4.69, 9.17) is 10.5 Å². The smallest absolute Gasteiger partial charge is 0.122 e. The lowest BCUT2D eigenvalue weighted by Crippen LogP contribution is -2.08. The molecule has 2 heterocycles. The number of nitrogens with zero attached hydrogens (tertiary/aromatic N) is 1. The van der Waals surface area contributed by atoms with Crippen molar-refractivity contribution in [3.05, 3.63) is 34.2 Å². The summed E-state index contributed by atoms with van der Waals surface area (Å²) in [4.78, 5) is 7.60. The average Bonchev–Trinajstić information content (AvgIpc) is 2.79. The lowest BCUT2D eigenvalue weighted by Gasteiger charge is -2.17. The zero-order valence-electron chi connectivity index (χ0n) is 9.87. The van der Waals surface area contributed by atoms with Gasteiger partial charge in [0, 0.05) is 5.56 Å². The Hall–Kier alpha value is -1.33. The van der Waals surface area contributed by atoms with Gasteiger partial charge in [-0.25, -0.2) is 4.98 Å². The third-order valence-corrected chi connectivity index (χ3v) is 3.66. The summed E-state index contributed by atoms with van der Waals surface area (Å²) in [7, 11) is 0. The third kappa shape index (κ3) is 2.04. The maximum Gasteiger partial charge on any atom is 0.122 e. The molecule has 0 aliphatic carbocycles. The fourth-order valence-electron chi connectivity index (χ4n) is 2.19. The topological polar surface area (TPSA) is 63.9 Å². The van der Waals surface area contributed by atoms with Gasteiger partial charge < -0.3 is 15.5 Å². The number of nitrogens with one attached hydrogen (secondary N) is 1. The predicted molar refractivity (Wildman–Crippen MR) is 73.4 cm³/mol. The van der Waals surface area contributed by atoms with Crippen LogP contribution >= 0.6 is 15.9 Å². The van der Waals surface area contributed by atoms with Gasteiger partial charge in [-0.1, -0.05) is 0 Å². The highest BCUT2D eigenvalue weighted by atomic mass is 79.9. The SMILES string of the molecule is NCc1nc(-c2ccc3c(c2)CCCO3)c(Br)[nH]1. The van der Waals surface area contributed by atoms with Gasteiger partial charge in [-0.2, -0.15) is 0 Å². The van der Waals surface area contributed by atoms with Crippen LogP contribution < -0.4 is 10.5 Å². The summed E-state index contributed by atoms with van der Waals surface area (Å²) in [5.41, 5.74) is 8.83. The summed E-state index contributed by atoms with van der Waals surface area (Å²) in [5.74, 6) is 1.78. The first kappa shape index (κ1) is 11.7. The second kappa shape index (κ2) is 4.74. The molecule has 5 heteroatoms. The molecule has 0 saturated heterocycles. The number of hydrogen-bond donors (Lipinski definition) is 2. The van der Waals surface area contributed by atoms with Crippen molar-refractivity contribution in [3.8, 4) is 17.0 Å². The van der Waals surface area contributed by atoms with E-state index in [1.807, 2.05) is 12.1 Å². The number of aromatic nitrogens is 2.